The number of aliphatic hydroxyl groups excluding tert-OH is 1. The molecule has 6 heteroatoms. The van der Waals surface area contributed by atoms with Gasteiger partial charge in [-0.25, -0.2) is 9.67 Å². The third-order valence-electron chi connectivity index (χ3n) is 4.70. The van der Waals surface area contributed by atoms with Crippen molar-refractivity contribution in [1.29, 1.82) is 0 Å². The van der Waals surface area contributed by atoms with E-state index in [0.29, 0.717) is 13.0 Å². The number of rotatable bonds is 8. The summed E-state index contributed by atoms with van der Waals surface area (Å²) in [5.74, 6) is 2.72. The van der Waals surface area contributed by atoms with Gasteiger partial charge in [0.25, 0.3) is 0 Å². The zero-order valence-corrected chi connectivity index (χ0v) is 16.0. The summed E-state index contributed by atoms with van der Waals surface area (Å²) in [5, 5.41) is 14.7. The largest absolute Gasteiger partial charge is 0.391 e. The Morgan fingerprint density at radius 3 is 2.56 bits per heavy atom. The van der Waals surface area contributed by atoms with Crippen molar-refractivity contribution in [3.8, 4) is 11.4 Å². The predicted molar refractivity (Wildman–Crippen MR) is 105 cm³/mol. The maximum absolute atomic E-state index is 10.1. The second-order valence-electron chi connectivity index (χ2n) is 6.58. The van der Waals surface area contributed by atoms with Crippen LogP contribution in [0.2, 0.25) is 0 Å². The first-order chi connectivity index (χ1) is 12.2. The summed E-state index contributed by atoms with van der Waals surface area (Å²) in [5.41, 5.74) is 2.35. The summed E-state index contributed by atoms with van der Waals surface area (Å²) < 4.78 is 1.87. The van der Waals surface area contributed by atoms with Crippen LogP contribution in [0.15, 0.2) is 24.3 Å². The number of anilines is 1. The van der Waals surface area contributed by atoms with Gasteiger partial charge >= 0.3 is 0 Å². The van der Waals surface area contributed by atoms with E-state index in [2.05, 4.69) is 40.5 Å². The number of hydrogen-bond donors (Lipinski definition) is 1. The molecule has 0 unspecified atom stereocenters. The lowest BCUT2D eigenvalue weighted by Gasteiger charge is -2.17. The number of hydrogen-bond acceptors (Lipinski definition) is 5. The highest BCUT2D eigenvalue weighted by Gasteiger charge is 2.16. The Morgan fingerprint density at radius 2 is 1.92 bits per heavy atom. The fourth-order valence-corrected chi connectivity index (χ4v) is 3.54. The van der Waals surface area contributed by atoms with Gasteiger partial charge < -0.3 is 10.0 Å². The molecule has 136 valence electrons. The van der Waals surface area contributed by atoms with Gasteiger partial charge in [-0.05, 0) is 49.8 Å². The normalized spacial score (nSPS) is 15.7. The van der Waals surface area contributed by atoms with Crippen LogP contribution in [0.3, 0.4) is 0 Å². The molecule has 0 bridgehead atoms. The van der Waals surface area contributed by atoms with E-state index >= 15 is 0 Å². The summed E-state index contributed by atoms with van der Waals surface area (Å²) >= 11 is 1.80. The highest BCUT2D eigenvalue weighted by Crippen LogP contribution is 2.25. The minimum absolute atomic E-state index is 0.391. The highest BCUT2D eigenvalue weighted by molar-refractivity contribution is 7.98. The molecule has 0 amide bonds. The SMILES string of the molecule is CC[C@@H](O)Cn1nc(CCSC)nc1-c1ccc(N2CCCC2)cc1. The first kappa shape index (κ1) is 18.3. The molecule has 0 aliphatic carbocycles. The Labute approximate surface area is 154 Å². The lowest BCUT2D eigenvalue weighted by atomic mass is 10.2. The van der Waals surface area contributed by atoms with Crippen LogP contribution in [-0.4, -0.2) is 51.1 Å². The van der Waals surface area contributed by atoms with E-state index in [-0.39, 0.29) is 0 Å². The van der Waals surface area contributed by atoms with Crippen LogP contribution < -0.4 is 4.90 Å². The highest BCUT2D eigenvalue weighted by atomic mass is 32.2. The third kappa shape index (κ3) is 4.55. The van der Waals surface area contributed by atoms with Crippen molar-refractivity contribution in [2.75, 3.05) is 30.0 Å². The van der Waals surface area contributed by atoms with E-state index in [1.807, 2.05) is 11.6 Å². The van der Waals surface area contributed by atoms with Gasteiger partial charge in [-0.2, -0.15) is 16.9 Å². The van der Waals surface area contributed by atoms with E-state index in [9.17, 15) is 5.11 Å². The maximum atomic E-state index is 10.1. The zero-order valence-electron chi connectivity index (χ0n) is 15.2. The van der Waals surface area contributed by atoms with Crippen molar-refractivity contribution in [1.82, 2.24) is 14.8 Å². The molecular formula is C19H28N4OS. The van der Waals surface area contributed by atoms with Gasteiger partial charge in [-0.3, -0.25) is 0 Å². The molecule has 0 spiro atoms. The van der Waals surface area contributed by atoms with Crippen LogP contribution in [0.25, 0.3) is 11.4 Å². The van der Waals surface area contributed by atoms with Gasteiger partial charge in [0.15, 0.2) is 11.6 Å². The molecule has 1 fully saturated rings. The van der Waals surface area contributed by atoms with Gasteiger partial charge in [-0.1, -0.05) is 6.92 Å². The van der Waals surface area contributed by atoms with Crippen molar-refractivity contribution < 1.29 is 5.11 Å². The molecule has 2 aromatic rings. The molecule has 1 N–H and O–H groups in total. The molecule has 1 aliphatic rings. The summed E-state index contributed by atoms with van der Waals surface area (Å²) in [6.45, 7) is 4.78. The Hall–Kier alpha value is -1.53. The molecule has 1 saturated heterocycles. The predicted octanol–water partition coefficient (Wildman–Crippen LogP) is 3.22. The second kappa shape index (κ2) is 8.72. The van der Waals surface area contributed by atoms with Crippen LogP contribution in [0, 0.1) is 0 Å². The van der Waals surface area contributed by atoms with Gasteiger partial charge in [0.1, 0.15) is 0 Å². The molecular weight excluding hydrogens is 332 g/mol. The standard InChI is InChI=1S/C19H28N4OS/c1-3-17(24)14-23-19(20-18(21-23)10-13-25-2)15-6-8-16(9-7-15)22-11-4-5-12-22/h6-9,17,24H,3-5,10-14H2,1-2H3/t17-/m1/s1. The fourth-order valence-electron chi connectivity index (χ4n) is 3.15. The average Bonchev–Trinajstić information content (AvgIpc) is 3.30. The molecule has 1 aromatic carbocycles. The molecule has 1 aliphatic heterocycles. The average molecular weight is 361 g/mol. The number of nitrogens with zero attached hydrogens (tertiary/aromatic N) is 4. The van der Waals surface area contributed by atoms with Crippen molar-refractivity contribution in [2.24, 2.45) is 0 Å². The lowest BCUT2D eigenvalue weighted by Crippen LogP contribution is -2.18. The van der Waals surface area contributed by atoms with Gasteiger partial charge in [0, 0.05) is 36.5 Å². The minimum Gasteiger partial charge on any atom is -0.391 e. The van der Waals surface area contributed by atoms with E-state index < -0.39 is 6.10 Å². The molecule has 0 radical (unpaired) electrons. The van der Waals surface area contributed by atoms with Gasteiger partial charge in [-0.15, -0.1) is 0 Å². The molecule has 25 heavy (non-hydrogen) atoms. The molecule has 5 nitrogen and oxygen atoms in total. The number of benzene rings is 1. The topological polar surface area (TPSA) is 54.2 Å². The third-order valence-corrected chi connectivity index (χ3v) is 5.31. The van der Waals surface area contributed by atoms with Crippen molar-refractivity contribution >= 4 is 17.4 Å². The molecule has 2 heterocycles. The lowest BCUT2D eigenvalue weighted by molar-refractivity contribution is 0.145. The van der Waals surface area contributed by atoms with E-state index in [1.54, 1.807) is 11.8 Å². The van der Waals surface area contributed by atoms with Crippen LogP contribution in [0.1, 0.15) is 32.0 Å². The summed E-state index contributed by atoms with van der Waals surface area (Å²) in [6, 6.07) is 8.62. The molecule has 3 rings (SSSR count). The number of aryl methyl sites for hydroxylation is 1. The quantitative estimate of drug-likeness (QED) is 0.783. The van der Waals surface area contributed by atoms with Crippen molar-refractivity contribution in [2.45, 2.75) is 45.3 Å². The Morgan fingerprint density at radius 1 is 1.20 bits per heavy atom. The summed E-state index contributed by atoms with van der Waals surface area (Å²) in [7, 11) is 0. The molecule has 1 aromatic heterocycles. The fraction of sp³-hybridized carbons (Fsp3) is 0.579. The Balaban J connectivity index is 1.84. The summed E-state index contributed by atoms with van der Waals surface area (Å²) in [6.07, 6.45) is 5.84. The maximum Gasteiger partial charge on any atom is 0.158 e. The Bertz CT molecular complexity index is 665. The number of aromatic nitrogens is 3. The van der Waals surface area contributed by atoms with Gasteiger partial charge in [0.05, 0.1) is 12.6 Å². The Kier molecular flexibility index (Phi) is 6.37. The van der Waals surface area contributed by atoms with E-state index in [0.717, 1.165) is 42.5 Å². The zero-order chi connectivity index (χ0) is 17.6. The molecule has 0 saturated carbocycles. The second-order valence-corrected chi connectivity index (χ2v) is 7.57. The number of aliphatic hydroxyl groups is 1. The minimum atomic E-state index is -0.391. The van der Waals surface area contributed by atoms with Gasteiger partial charge in [0.2, 0.25) is 0 Å². The summed E-state index contributed by atoms with van der Waals surface area (Å²) in [4.78, 5) is 7.18. The first-order valence-electron chi connectivity index (χ1n) is 9.17. The van der Waals surface area contributed by atoms with E-state index in [4.69, 9.17) is 4.98 Å². The first-order valence-corrected chi connectivity index (χ1v) is 10.6. The van der Waals surface area contributed by atoms with Crippen molar-refractivity contribution in [3.05, 3.63) is 30.1 Å². The van der Waals surface area contributed by atoms with Crippen LogP contribution >= 0.6 is 11.8 Å². The molecule has 1 atom stereocenters. The smallest absolute Gasteiger partial charge is 0.158 e. The van der Waals surface area contributed by atoms with Crippen LogP contribution in [-0.2, 0) is 13.0 Å². The van der Waals surface area contributed by atoms with E-state index in [1.165, 1.54) is 18.5 Å². The monoisotopic (exact) mass is 360 g/mol. The number of thioether (sulfide) groups is 1. The van der Waals surface area contributed by atoms with Crippen LogP contribution in [0.5, 0.6) is 0 Å². The van der Waals surface area contributed by atoms with Crippen LogP contribution in [0.4, 0.5) is 5.69 Å². The van der Waals surface area contributed by atoms with Crippen molar-refractivity contribution in [3.63, 3.8) is 0 Å².